The second kappa shape index (κ2) is 6.50. The van der Waals surface area contributed by atoms with Crippen LogP contribution in [0, 0.1) is 17.8 Å². The molecule has 2 aromatic rings. The molecule has 1 aliphatic carbocycles. The Morgan fingerprint density at radius 1 is 1.23 bits per heavy atom. The Bertz CT molecular complexity index is 904. The maximum Gasteiger partial charge on any atom is 0.274 e. The Morgan fingerprint density at radius 3 is 2.65 bits per heavy atom. The molecule has 1 saturated heterocycles. The molecule has 2 fully saturated rings. The van der Waals surface area contributed by atoms with Gasteiger partial charge >= 0.3 is 0 Å². The first-order valence-electron chi connectivity index (χ1n) is 9.50. The lowest BCUT2D eigenvalue weighted by Gasteiger charge is -2.20. The number of aromatic nitrogens is 2. The molecule has 0 spiro atoms. The van der Waals surface area contributed by atoms with Gasteiger partial charge in [-0.2, -0.15) is 5.10 Å². The molecule has 1 aromatic heterocycles. The molecule has 3 atom stereocenters. The van der Waals surface area contributed by atoms with Gasteiger partial charge in [0, 0.05) is 31.1 Å². The number of hydrogen-bond acceptors (Lipinski definition) is 4. The van der Waals surface area contributed by atoms with Crippen LogP contribution in [0.2, 0.25) is 0 Å². The monoisotopic (exact) mass is 354 g/mol. The summed E-state index contributed by atoms with van der Waals surface area (Å²) in [4.78, 5) is 27.9. The van der Waals surface area contributed by atoms with Gasteiger partial charge in [-0.1, -0.05) is 32.0 Å². The zero-order valence-electron chi connectivity index (χ0n) is 15.4. The summed E-state index contributed by atoms with van der Waals surface area (Å²) in [5, 5.41) is 5.68. The minimum absolute atomic E-state index is 0.0830. The van der Waals surface area contributed by atoms with Gasteiger partial charge in [0.25, 0.3) is 11.5 Å². The molecule has 0 bridgehead atoms. The van der Waals surface area contributed by atoms with Gasteiger partial charge in [0.05, 0.1) is 5.39 Å². The van der Waals surface area contributed by atoms with E-state index in [4.69, 9.17) is 5.73 Å². The summed E-state index contributed by atoms with van der Waals surface area (Å²) in [6, 6.07) is 7.47. The summed E-state index contributed by atoms with van der Waals surface area (Å²) < 4.78 is 1.45. The normalized spacial score (nSPS) is 25.2. The third-order valence-electron chi connectivity index (χ3n) is 5.81. The van der Waals surface area contributed by atoms with Gasteiger partial charge in [0.1, 0.15) is 0 Å². The standard InChI is InChI=1S/C20H26N4O2/c1-12(2)9-24-19(25)15-6-4-3-5-14(15)18(22-24)20(26)23-10-13-7-8-17(21)16(13)11-23/h3-6,12-13,16-17H,7-11,21H2,1-2H3. The second-order valence-electron chi connectivity index (χ2n) is 8.15. The van der Waals surface area contributed by atoms with Crippen molar-refractivity contribution in [1.82, 2.24) is 14.7 Å². The summed E-state index contributed by atoms with van der Waals surface area (Å²) >= 11 is 0. The third kappa shape index (κ3) is 2.82. The van der Waals surface area contributed by atoms with E-state index < -0.39 is 0 Å². The Kier molecular flexibility index (Phi) is 4.31. The molecule has 1 amide bonds. The number of benzene rings is 1. The predicted octanol–water partition coefficient (Wildman–Crippen LogP) is 1.86. The lowest BCUT2D eigenvalue weighted by molar-refractivity contribution is 0.0773. The highest BCUT2D eigenvalue weighted by Gasteiger charge is 2.43. The maximum atomic E-state index is 13.3. The van der Waals surface area contributed by atoms with Gasteiger partial charge < -0.3 is 10.6 Å². The number of nitrogens with zero attached hydrogens (tertiary/aromatic N) is 3. The Hall–Kier alpha value is -2.21. The van der Waals surface area contributed by atoms with Crippen LogP contribution in [0.4, 0.5) is 0 Å². The molecule has 6 nitrogen and oxygen atoms in total. The smallest absolute Gasteiger partial charge is 0.274 e. The summed E-state index contributed by atoms with van der Waals surface area (Å²) in [6.07, 6.45) is 2.15. The third-order valence-corrected chi connectivity index (χ3v) is 5.81. The van der Waals surface area contributed by atoms with Crippen molar-refractivity contribution >= 4 is 16.7 Å². The Morgan fingerprint density at radius 2 is 1.96 bits per heavy atom. The van der Waals surface area contributed by atoms with Crippen LogP contribution in [0.25, 0.3) is 10.8 Å². The van der Waals surface area contributed by atoms with E-state index in [0.29, 0.717) is 41.4 Å². The first-order valence-corrected chi connectivity index (χ1v) is 9.50. The summed E-state index contributed by atoms with van der Waals surface area (Å²) in [6.45, 7) is 6.02. The zero-order valence-corrected chi connectivity index (χ0v) is 15.4. The van der Waals surface area contributed by atoms with Crippen molar-refractivity contribution in [2.24, 2.45) is 23.5 Å². The number of nitrogens with two attached hydrogens (primary N) is 1. The van der Waals surface area contributed by atoms with Gasteiger partial charge in [-0.15, -0.1) is 0 Å². The fraction of sp³-hybridized carbons (Fsp3) is 0.550. The lowest BCUT2D eigenvalue weighted by Crippen LogP contribution is -2.36. The summed E-state index contributed by atoms with van der Waals surface area (Å²) in [7, 11) is 0. The van der Waals surface area contributed by atoms with E-state index in [-0.39, 0.29) is 23.4 Å². The van der Waals surface area contributed by atoms with E-state index in [1.165, 1.54) is 4.68 Å². The molecule has 1 aliphatic heterocycles. The van der Waals surface area contributed by atoms with E-state index in [1.807, 2.05) is 36.9 Å². The molecule has 6 heteroatoms. The number of carbonyl (C=O) groups is 1. The largest absolute Gasteiger partial charge is 0.337 e. The molecule has 4 rings (SSSR count). The number of amides is 1. The van der Waals surface area contributed by atoms with Crippen LogP contribution in [-0.2, 0) is 6.54 Å². The van der Waals surface area contributed by atoms with Crippen molar-refractivity contribution in [2.45, 2.75) is 39.3 Å². The van der Waals surface area contributed by atoms with Crippen molar-refractivity contribution in [3.63, 3.8) is 0 Å². The summed E-state index contributed by atoms with van der Waals surface area (Å²) in [5.41, 5.74) is 6.46. The minimum atomic E-state index is -0.133. The fourth-order valence-electron chi connectivity index (χ4n) is 4.49. The SMILES string of the molecule is CC(C)Cn1nc(C(=O)N2CC3CCC(N)C3C2)c2ccccc2c1=O. The molecule has 2 aliphatic rings. The minimum Gasteiger partial charge on any atom is -0.337 e. The molecule has 2 N–H and O–H groups in total. The second-order valence-corrected chi connectivity index (χ2v) is 8.15. The van der Waals surface area contributed by atoms with Crippen molar-refractivity contribution in [1.29, 1.82) is 0 Å². The molecule has 2 heterocycles. The van der Waals surface area contributed by atoms with Crippen LogP contribution < -0.4 is 11.3 Å². The van der Waals surface area contributed by atoms with Crippen molar-refractivity contribution < 1.29 is 4.79 Å². The van der Waals surface area contributed by atoms with Crippen LogP contribution in [0.3, 0.4) is 0 Å². The topological polar surface area (TPSA) is 81.2 Å². The molecule has 26 heavy (non-hydrogen) atoms. The molecular weight excluding hydrogens is 328 g/mol. The van der Waals surface area contributed by atoms with Crippen LogP contribution in [0.1, 0.15) is 37.2 Å². The average molecular weight is 354 g/mol. The van der Waals surface area contributed by atoms with Crippen LogP contribution in [0.5, 0.6) is 0 Å². The maximum absolute atomic E-state index is 13.3. The van der Waals surface area contributed by atoms with Crippen molar-refractivity contribution in [3.05, 3.63) is 40.3 Å². The molecule has 3 unspecified atom stereocenters. The molecular formula is C20H26N4O2. The van der Waals surface area contributed by atoms with E-state index >= 15 is 0 Å². The van der Waals surface area contributed by atoms with Crippen LogP contribution in [0.15, 0.2) is 29.1 Å². The van der Waals surface area contributed by atoms with Gasteiger partial charge in [-0.3, -0.25) is 9.59 Å². The first kappa shape index (κ1) is 17.2. The number of fused-ring (bicyclic) bond motifs is 2. The number of carbonyl (C=O) groups excluding carboxylic acids is 1. The number of hydrogen-bond donors (Lipinski definition) is 1. The lowest BCUT2D eigenvalue weighted by atomic mass is 9.98. The molecule has 138 valence electrons. The van der Waals surface area contributed by atoms with E-state index in [2.05, 4.69) is 5.10 Å². The van der Waals surface area contributed by atoms with Crippen molar-refractivity contribution in [2.75, 3.05) is 13.1 Å². The predicted molar refractivity (Wildman–Crippen MR) is 101 cm³/mol. The molecule has 0 radical (unpaired) electrons. The van der Waals surface area contributed by atoms with Gasteiger partial charge in [0.2, 0.25) is 0 Å². The van der Waals surface area contributed by atoms with Gasteiger partial charge in [0.15, 0.2) is 5.69 Å². The number of likely N-dealkylation sites (tertiary alicyclic amines) is 1. The Labute approximate surface area is 153 Å². The van der Waals surface area contributed by atoms with Crippen molar-refractivity contribution in [3.8, 4) is 0 Å². The van der Waals surface area contributed by atoms with Crippen LogP contribution >= 0.6 is 0 Å². The van der Waals surface area contributed by atoms with E-state index in [1.54, 1.807) is 6.07 Å². The average Bonchev–Trinajstić information content (AvgIpc) is 3.19. The Balaban J connectivity index is 1.75. The van der Waals surface area contributed by atoms with Gasteiger partial charge in [-0.05, 0) is 36.7 Å². The van der Waals surface area contributed by atoms with E-state index in [0.717, 1.165) is 19.4 Å². The van der Waals surface area contributed by atoms with E-state index in [9.17, 15) is 9.59 Å². The van der Waals surface area contributed by atoms with Gasteiger partial charge in [-0.25, -0.2) is 4.68 Å². The highest BCUT2D eigenvalue weighted by atomic mass is 16.2. The van der Waals surface area contributed by atoms with Crippen LogP contribution in [-0.4, -0.2) is 39.7 Å². The molecule has 1 aromatic carbocycles. The fourth-order valence-corrected chi connectivity index (χ4v) is 4.49. The first-order chi connectivity index (χ1) is 12.5. The number of rotatable bonds is 3. The molecule has 1 saturated carbocycles. The zero-order chi connectivity index (χ0) is 18.4. The summed E-state index contributed by atoms with van der Waals surface area (Å²) in [5.74, 6) is 1.09. The highest BCUT2D eigenvalue weighted by Crippen LogP contribution is 2.37. The highest BCUT2D eigenvalue weighted by molar-refractivity contribution is 6.04. The quantitative estimate of drug-likeness (QED) is 0.912.